The Morgan fingerprint density at radius 3 is 2.48 bits per heavy atom. The molecular formula is C33H30N2O4S. The first-order valence-corrected chi connectivity index (χ1v) is 14.7. The van der Waals surface area contributed by atoms with Crippen molar-refractivity contribution >= 4 is 27.7 Å². The fourth-order valence-corrected chi connectivity index (χ4v) is 6.43. The number of fused-ring (bicyclic) bond motifs is 3. The largest absolute Gasteiger partial charge is 0.493 e. The van der Waals surface area contributed by atoms with Gasteiger partial charge in [0, 0.05) is 17.8 Å². The average Bonchev–Trinajstić information content (AvgIpc) is 3.47. The predicted octanol–water partition coefficient (Wildman–Crippen LogP) is 7.35. The lowest BCUT2D eigenvalue weighted by Crippen LogP contribution is -2.28. The van der Waals surface area contributed by atoms with Crippen LogP contribution in [0.3, 0.4) is 0 Å². The van der Waals surface area contributed by atoms with Gasteiger partial charge in [0.25, 0.3) is 0 Å². The van der Waals surface area contributed by atoms with Crippen LogP contribution in [0.1, 0.15) is 40.6 Å². The highest BCUT2D eigenvalue weighted by molar-refractivity contribution is 7.87. The van der Waals surface area contributed by atoms with E-state index in [-0.39, 0.29) is 16.7 Å². The van der Waals surface area contributed by atoms with Gasteiger partial charge in [0.2, 0.25) is 0 Å². The van der Waals surface area contributed by atoms with E-state index in [1.165, 1.54) is 36.1 Å². The van der Waals surface area contributed by atoms with Crippen molar-refractivity contribution in [3.05, 3.63) is 125 Å². The van der Waals surface area contributed by atoms with Gasteiger partial charge in [-0.05, 0) is 84.5 Å². The summed E-state index contributed by atoms with van der Waals surface area (Å²) < 4.78 is 36.3. The van der Waals surface area contributed by atoms with Crippen LogP contribution in [0, 0.1) is 12.8 Å². The van der Waals surface area contributed by atoms with Crippen LogP contribution >= 0.6 is 0 Å². The third kappa shape index (κ3) is 5.12. The Morgan fingerprint density at radius 1 is 0.925 bits per heavy atom. The van der Waals surface area contributed by atoms with Gasteiger partial charge in [0.1, 0.15) is 4.90 Å². The fraction of sp³-hybridized carbons (Fsp3) is 0.182. The van der Waals surface area contributed by atoms with Crippen LogP contribution in [0.4, 0.5) is 11.4 Å². The Bertz CT molecular complexity index is 1690. The third-order valence-corrected chi connectivity index (χ3v) is 8.83. The normalized spacial score (nSPS) is 19.6. The molecule has 40 heavy (non-hydrogen) atoms. The van der Waals surface area contributed by atoms with E-state index in [0.29, 0.717) is 17.6 Å². The molecule has 4 aromatic carbocycles. The number of allylic oxidation sites excluding steroid dienone is 2. The second-order valence-electron chi connectivity index (χ2n) is 10.2. The first kappa shape index (κ1) is 25.9. The molecule has 6 nitrogen and oxygen atoms in total. The number of anilines is 1. The smallest absolute Gasteiger partial charge is 0.339 e. The predicted molar refractivity (Wildman–Crippen MR) is 158 cm³/mol. The lowest BCUT2D eigenvalue weighted by molar-refractivity contribution is 0.390. The summed E-state index contributed by atoms with van der Waals surface area (Å²) in [6.07, 6.45) is 7.43. The van der Waals surface area contributed by atoms with Crippen molar-refractivity contribution in [2.75, 3.05) is 12.4 Å². The molecule has 0 aromatic heterocycles. The first-order chi connectivity index (χ1) is 19.4. The summed E-state index contributed by atoms with van der Waals surface area (Å²) in [7, 11) is -2.51. The topological polar surface area (TPSA) is 77.0 Å². The van der Waals surface area contributed by atoms with Gasteiger partial charge < -0.3 is 14.2 Å². The molecule has 202 valence electrons. The lowest BCUT2D eigenvalue weighted by Gasteiger charge is -2.37. The Morgan fingerprint density at radius 2 is 1.70 bits per heavy atom. The van der Waals surface area contributed by atoms with Crippen molar-refractivity contribution in [3.8, 4) is 11.5 Å². The van der Waals surface area contributed by atoms with E-state index >= 15 is 0 Å². The molecule has 0 amide bonds. The summed E-state index contributed by atoms with van der Waals surface area (Å²) in [6.45, 7) is 1.89. The summed E-state index contributed by atoms with van der Waals surface area (Å²) >= 11 is 0. The van der Waals surface area contributed by atoms with Crippen molar-refractivity contribution in [2.24, 2.45) is 10.9 Å². The molecule has 2 aliphatic rings. The van der Waals surface area contributed by atoms with Gasteiger partial charge in [-0.1, -0.05) is 60.2 Å². The molecule has 0 saturated carbocycles. The highest BCUT2D eigenvalue weighted by atomic mass is 32.2. The van der Waals surface area contributed by atoms with E-state index < -0.39 is 10.1 Å². The molecule has 3 atom stereocenters. The van der Waals surface area contributed by atoms with E-state index in [9.17, 15) is 8.42 Å². The van der Waals surface area contributed by atoms with Crippen molar-refractivity contribution in [1.29, 1.82) is 0 Å². The Kier molecular flexibility index (Phi) is 6.90. The van der Waals surface area contributed by atoms with Crippen LogP contribution in [0.15, 0.2) is 113 Å². The second kappa shape index (κ2) is 10.7. The molecule has 0 unspecified atom stereocenters. The number of nitrogens with one attached hydrogen (secondary N) is 1. The molecule has 0 saturated heterocycles. The number of hydrogen-bond acceptors (Lipinski definition) is 6. The van der Waals surface area contributed by atoms with Crippen molar-refractivity contribution in [1.82, 2.24) is 0 Å². The maximum atomic E-state index is 12.7. The summed E-state index contributed by atoms with van der Waals surface area (Å²) in [5.74, 6) is 1.35. The molecule has 6 rings (SSSR count). The van der Waals surface area contributed by atoms with E-state index in [1.54, 1.807) is 36.5 Å². The molecule has 0 spiro atoms. The van der Waals surface area contributed by atoms with Gasteiger partial charge in [-0.2, -0.15) is 8.42 Å². The Labute approximate surface area is 235 Å². The zero-order valence-corrected chi connectivity index (χ0v) is 23.1. The quantitative estimate of drug-likeness (QED) is 0.148. The second-order valence-corrected chi connectivity index (χ2v) is 11.7. The average molecular weight is 551 g/mol. The molecule has 1 aliphatic heterocycles. The van der Waals surface area contributed by atoms with E-state index in [0.717, 1.165) is 23.2 Å². The number of ether oxygens (including phenoxy) is 1. The number of rotatable bonds is 7. The van der Waals surface area contributed by atoms with Gasteiger partial charge in [-0.15, -0.1) is 0 Å². The van der Waals surface area contributed by atoms with Gasteiger partial charge in [-0.3, -0.25) is 4.99 Å². The van der Waals surface area contributed by atoms with Crippen LogP contribution < -0.4 is 14.2 Å². The molecular weight excluding hydrogens is 520 g/mol. The maximum absolute atomic E-state index is 12.7. The molecule has 1 heterocycles. The lowest BCUT2D eigenvalue weighted by atomic mass is 9.77. The molecule has 0 bridgehead atoms. The first-order valence-electron chi connectivity index (χ1n) is 13.3. The van der Waals surface area contributed by atoms with Crippen molar-refractivity contribution < 1.29 is 17.3 Å². The van der Waals surface area contributed by atoms with Crippen LogP contribution in [0.5, 0.6) is 11.5 Å². The van der Waals surface area contributed by atoms with Crippen molar-refractivity contribution in [3.63, 3.8) is 0 Å². The van der Waals surface area contributed by atoms with Gasteiger partial charge >= 0.3 is 10.1 Å². The summed E-state index contributed by atoms with van der Waals surface area (Å²) in [6, 6.07) is 28.7. The third-order valence-electron chi connectivity index (χ3n) is 7.58. The number of para-hydroxylation sites is 1. The number of aliphatic imine (C=N–C) groups is 1. The van der Waals surface area contributed by atoms with Crippen LogP contribution in [-0.4, -0.2) is 21.7 Å². The minimum atomic E-state index is -3.99. The molecule has 0 radical (unpaired) electrons. The molecule has 0 fully saturated rings. The maximum Gasteiger partial charge on any atom is 0.339 e. The number of methoxy groups -OCH3 is 1. The van der Waals surface area contributed by atoms with Gasteiger partial charge in [0.15, 0.2) is 11.5 Å². The SMILES string of the molecule is COc1cc(C=Nc2ccc([C@@H]3Nc4ccccc4[C@@H]4C=CC[C@H]43)cc2)ccc1OS(=O)(=O)c1ccc(C)cc1. The fourth-order valence-electron chi connectivity index (χ4n) is 5.49. The summed E-state index contributed by atoms with van der Waals surface area (Å²) in [5.41, 5.74) is 6.36. The zero-order chi connectivity index (χ0) is 27.7. The molecule has 4 aromatic rings. The minimum absolute atomic E-state index is 0.0848. The Hall–Kier alpha value is -4.36. The number of aryl methyl sites for hydroxylation is 1. The number of benzene rings is 4. The van der Waals surface area contributed by atoms with Crippen molar-refractivity contribution in [2.45, 2.75) is 30.2 Å². The van der Waals surface area contributed by atoms with Gasteiger partial charge in [-0.25, -0.2) is 0 Å². The van der Waals surface area contributed by atoms with E-state index in [1.807, 2.05) is 19.1 Å². The standard InChI is InChI=1S/C33H30N2O4S/c1-22-10-17-26(18-11-22)40(36,37)39-31-19-12-23(20-32(31)38-2)21-34-25-15-13-24(14-16-25)33-29-8-5-7-27(29)28-6-3-4-9-30(28)35-33/h3-7,9-21,27,29,33,35H,8H2,1-2H3/t27-,29+,33-/m0/s1. The minimum Gasteiger partial charge on any atom is -0.493 e. The summed E-state index contributed by atoms with van der Waals surface area (Å²) in [5, 5.41) is 3.76. The van der Waals surface area contributed by atoms with Crippen LogP contribution in [0.25, 0.3) is 0 Å². The molecule has 1 N–H and O–H groups in total. The highest BCUT2D eigenvalue weighted by Crippen LogP contribution is 2.49. The van der Waals surface area contributed by atoms with E-state index in [4.69, 9.17) is 8.92 Å². The monoisotopic (exact) mass is 550 g/mol. The number of nitrogens with zero attached hydrogens (tertiary/aromatic N) is 1. The molecule has 1 aliphatic carbocycles. The molecule has 7 heteroatoms. The highest BCUT2D eigenvalue weighted by Gasteiger charge is 2.37. The van der Waals surface area contributed by atoms with Crippen LogP contribution in [0.2, 0.25) is 0 Å². The number of hydrogen-bond donors (Lipinski definition) is 1. The van der Waals surface area contributed by atoms with Crippen LogP contribution in [-0.2, 0) is 10.1 Å². The summed E-state index contributed by atoms with van der Waals surface area (Å²) in [4.78, 5) is 4.71. The Balaban J connectivity index is 1.17. The van der Waals surface area contributed by atoms with Gasteiger partial charge in [0.05, 0.1) is 18.8 Å². The zero-order valence-electron chi connectivity index (χ0n) is 22.3. The van der Waals surface area contributed by atoms with E-state index in [2.05, 4.69) is 58.9 Å².